The maximum Gasteiger partial charge on any atom is 0.232 e. The van der Waals surface area contributed by atoms with Gasteiger partial charge in [0.15, 0.2) is 0 Å². The number of H-pyrrole nitrogens is 1. The first-order valence-electron chi connectivity index (χ1n) is 9.60. The molecule has 3 heterocycles. The molecule has 2 aromatic heterocycles. The second kappa shape index (κ2) is 8.53. The highest BCUT2D eigenvalue weighted by atomic mass is 32.2. The number of carbonyl (C=O) groups excluding carboxylic acids is 1. The quantitative estimate of drug-likeness (QED) is 0.701. The number of hydrogen-bond donors (Lipinski definition) is 1. The van der Waals surface area contributed by atoms with Crippen molar-refractivity contribution in [1.82, 2.24) is 19.9 Å². The zero-order valence-corrected chi connectivity index (χ0v) is 17.0. The van der Waals surface area contributed by atoms with Gasteiger partial charge in [-0.2, -0.15) is 5.26 Å². The molecule has 1 aliphatic heterocycles. The van der Waals surface area contributed by atoms with Crippen LogP contribution in [0.2, 0.25) is 0 Å². The van der Waals surface area contributed by atoms with E-state index in [-0.39, 0.29) is 11.2 Å². The number of imidazole rings is 1. The number of para-hydroxylation sites is 2. The summed E-state index contributed by atoms with van der Waals surface area (Å²) < 4.78 is 0. The molecule has 1 atom stereocenters. The van der Waals surface area contributed by atoms with E-state index in [4.69, 9.17) is 0 Å². The Hall–Kier alpha value is -3.05. The van der Waals surface area contributed by atoms with Crippen LogP contribution in [0.5, 0.6) is 0 Å². The van der Waals surface area contributed by atoms with E-state index in [1.165, 1.54) is 0 Å². The van der Waals surface area contributed by atoms with Gasteiger partial charge >= 0.3 is 0 Å². The number of nitrogens with one attached hydrogen (secondary N) is 1. The summed E-state index contributed by atoms with van der Waals surface area (Å²) in [5.74, 6) is 2.16. The van der Waals surface area contributed by atoms with Gasteiger partial charge in [-0.1, -0.05) is 12.1 Å². The summed E-state index contributed by atoms with van der Waals surface area (Å²) in [6, 6.07) is 13.7. The van der Waals surface area contributed by atoms with Gasteiger partial charge in [-0.25, -0.2) is 9.97 Å². The van der Waals surface area contributed by atoms with E-state index in [9.17, 15) is 10.1 Å². The van der Waals surface area contributed by atoms with E-state index in [0.29, 0.717) is 43.3 Å². The topological polar surface area (TPSA) is 88.9 Å². The van der Waals surface area contributed by atoms with E-state index in [0.717, 1.165) is 16.9 Å². The van der Waals surface area contributed by atoms with Crippen molar-refractivity contribution in [2.24, 2.45) is 0 Å². The Kier molecular flexibility index (Phi) is 5.67. The Labute approximate surface area is 173 Å². The molecule has 0 radical (unpaired) electrons. The third-order valence-corrected chi connectivity index (χ3v) is 6.23. The zero-order valence-electron chi connectivity index (χ0n) is 16.2. The number of nitrogens with zero attached hydrogens (tertiary/aromatic N) is 5. The lowest BCUT2D eigenvalue weighted by Crippen LogP contribution is -2.49. The summed E-state index contributed by atoms with van der Waals surface area (Å²) in [5.41, 5.74) is 2.54. The average Bonchev–Trinajstić information content (AvgIpc) is 3.22. The van der Waals surface area contributed by atoms with Gasteiger partial charge in [0, 0.05) is 32.4 Å². The fourth-order valence-electron chi connectivity index (χ4n) is 3.44. The van der Waals surface area contributed by atoms with Gasteiger partial charge in [0.2, 0.25) is 5.91 Å². The molecular formula is C21H22N6OS. The Morgan fingerprint density at radius 1 is 1.24 bits per heavy atom. The standard InChI is InChI=1S/C21H22N6OS/c1-15(20-24-17-6-2-3-7-18(17)25-20)29-14-19(28)26-9-11-27(12-10-26)21-16(13-22)5-4-8-23-21/h2-8,15H,9-12,14H2,1H3,(H,24,25). The van der Waals surface area contributed by atoms with Gasteiger partial charge in [0.1, 0.15) is 17.7 Å². The first-order chi connectivity index (χ1) is 14.2. The number of pyridine rings is 1. The van der Waals surface area contributed by atoms with Gasteiger partial charge in [0.05, 0.1) is 27.6 Å². The Balaban J connectivity index is 1.30. The summed E-state index contributed by atoms with van der Waals surface area (Å²) in [4.78, 5) is 28.9. The molecule has 3 aromatic rings. The molecule has 148 valence electrons. The minimum Gasteiger partial charge on any atom is -0.352 e. The number of rotatable bonds is 5. The third-order valence-electron chi connectivity index (χ3n) is 5.09. The van der Waals surface area contributed by atoms with Crippen LogP contribution in [0, 0.1) is 11.3 Å². The lowest BCUT2D eigenvalue weighted by molar-refractivity contribution is -0.128. The number of hydrogen-bond acceptors (Lipinski definition) is 6. The molecule has 1 saturated heterocycles. The summed E-state index contributed by atoms with van der Waals surface area (Å²) in [6.45, 7) is 4.71. The first-order valence-corrected chi connectivity index (χ1v) is 10.6. The molecule has 8 heteroatoms. The lowest BCUT2D eigenvalue weighted by atomic mass is 10.2. The van der Waals surface area contributed by atoms with Crippen LogP contribution in [0.25, 0.3) is 11.0 Å². The Morgan fingerprint density at radius 2 is 2.03 bits per heavy atom. The first kappa shape index (κ1) is 19.3. The number of thioether (sulfide) groups is 1. The fourth-order valence-corrected chi connectivity index (χ4v) is 4.28. The third kappa shape index (κ3) is 4.20. The summed E-state index contributed by atoms with van der Waals surface area (Å²) >= 11 is 1.60. The largest absolute Gasteiger partial charge is 0.352 e. The number of nitriles is 1. The molecule has 4 rings (SSSR count). The monoisotopic (exact) mass is 406 g/mol. The number of aromatic amines is 1. The predicted octanol–water partition coefficient (Wildman–Crippen LogP) is 2.97. The van der Waals surface area contributed by atoms with E-state index >= 15 is 0 Å². The van der Waals surface area contributed by atoms with Crippen molar-refractivity contribution < 1.29 is 4.79 Å². The van der Waals surface area contributed by atoms with Gasteiger partial charge < -0.3 is 14.8 Å². The molecule has 29 heavy (non-hydrogen) atoms. The smallest absolute Gasteiger partial charge is 0.232 e. The molecule has 0 aliphatic carbocycles. The number of carbonyl (C=O) groups is 1. The summed E-state index contributed by atoms with van der Waals surface area (Å²) in [5, 5.41) is 9.37. The number of aromatic nitrogens is 3. The van der Waals surface area contributed by atoms with Crippen LogP contribution >= 0.6 is 11.8 Å². The molecule has 1 aromatic carbocycles. The van der Waals surface area contributed by atoms with Crippen molar-refractivity contribution in [3.05, 3.63) is 54.0 Å². The number of amides is 1. The normalized spacial score (nSPS) is 15.3. The predicted molar refractivity (Wildman–Crippen MR) is 115 cm³/mol. The molecular weight excluding hydrogens is 384 g/mol. The van der Waals surface area contributed by atoms with Crippen molar-refractivity contribution in [2.45, 2.75) is 12.2 Å². The van der Waals surface area contributed by atoms with Crippen LogP contribution in [0.1, 0.15) is 23.6 Å². The van der Waals surface area contributed by atoms with Gasteiger partial charge in [-0.15, -0.1) is 11.8 Å². The maximum absolute atomic E-state index is 12.7. The van der Waals surface area contributed by atoms with Crippen LogP contribution in [-0.4, -0.2) is 57.7 Å². The minimum absolute atomic E-state index is 0.111. The van der Waals surface area contributed by atoms with Crippen molar-refractivity contribution in [2.75, 3.05) is 36.8 Å². The van der Waals surface area contributed by atoms with Gasteiger partial charge in [-0.3, -0.25) is 4.79 Å². The SMILES string of the molecule is CC(SCC(=O)N1CCN(c2ncccc2C#N)CC1)c1nc2ccccc2[nH]1. The van der Waals surface area contributed by atoms with E-state index < -0.39 is 0 Å². The van der Waals surface area contributed by atoms with Crippen LogP contribution in [0.15, 0.2) is 42.6 Å². The van der Waals surface area contributed by atoms with Crippen LogP contribution in [-0.2, 0) is 4.79 Å². The summed E-state index contributed by atoms with van der Waals surface area (Å²) in [7, 11) is 0. The summed E-state index contributed by atoms with van der Waals surface area (Å²) in [6.07, 6.45) is 1.70. The van der Waals surface area contributed by atoms with Crippen LogP contribution in [0.4, 0.5) is 5.82 Å². The van der Waals surface area contributed by atoms with Crippen molar-refractivity contribution in [1.29, 1.82) is 5.26 Å². The fraction of sp³-hybridized carbons (Fsp3) is 0.333. The number of piperazine rings is 1. The van der Waals surface area contributed by atoms with E-state index in [2.05, 4.69) is 32.8 Å². The molecule has 1 aliphatic rings. The Bertz CT molecular complexity index is 1020. The molecule has 0 spiro atoms. The lowest BCUT2D eigenvalue weighted by Gasteiger charge is -2.35. The number of benzene rings is 1. The molecule has 0 saturated carbocycles. The Morgan fingerprint density at radius 3 is 2.79 bits per heavy atom. The minimum atomic E-state index is 0.111. The van der Waals surface area contributed by atoms with E-state index in [1.54, 1.807) is 30.1 Å². The zero-order chi connectivity index (χ0) is 20.2. The molecule has 1 fully saturated rings. The van der Waals surface area contributed by atoms with E-state index in [1.807, 2.05) is 29.2 Å². The molecule has 7 nitrogen and oxygen atoms in total. The number of fused-ring (bicyclic) bond motifs is 1. The highest BCUT2D eigenvalue weighted by Gasteiger charge is 2.24. The number of anilines is 1. The maximum atomic E-state index is 12.7. The molecule has 1 unspecified atom stereocenters. The van der Waals surface area contributed by atoms with Crippen LogP contribution < -0.4 is 4.90 Å². The van der Waals surface area contributed by atoms with Crippen molar-refractivity contribution >= 4 is 34.5 Å². The molecule has 1 N–H and O–H groups in total. The van der Waals surface area contributed by atoms with Crippen molar-refractivity contribution in [3.63, 3.8) is 0 Å². The van der Waals surface area contributed by atoms with Crippen LogP contribution in [0.3, 0.4) is 0 Å². The average molecular weight is 407 g/mol. The van der Waals surface area contributed by atoms with Gasteiger partial charge in [-0.05, 0) is 31.2 Å². The van der Waals surface area contributed by atoms with Crippen molar-refractivity contribution in [3.8, 4) is 6.07 Å². The molecule has 1 amide bonds. The van der Waals surface area contributed by atoms with Gasteiger partial charge in [0.25, 0.3) is 0 Å². The highest BCUT2D eigenvalue weighted by Crippen LogP contribution is 2.28. The molecule has 0 bridgehead atoms. The second-order valence-electron chi connectivity index (χ2n) is 6.95. The highest BCUT2D eigenvalue weighted by molar-refractivity contribution is 8.00. The second-order valence-corrected chi connectivity index (χ2v) is 8.28.